The molecule has 8 nitrogen and oxygen atoms in total. The Labute approximate surface area is 332 Å². The van der Waals surface area contributed by atoms with E-state index in [0.717, 1.165) is 51.4 Å². The number of allylic oxidation sites excluding steroid dienone is 7. The molecule has 0 fully saturated rings. The SMILES string of the molecule is CCCCCC/C=C/CC/C=C/CC/C=C/C(O)C(COP(=O)(O)OCCN)NC(=O)CCCCCCCCCCC/C=C\CCCCCCCCCC. The lowest BCUT2D eigenvalue weighted by molar-refractivity contribution is -0.123. The molecule has 0 aromatic heterocycles. The van der Waals surface area contributed by atoms with Crippen LogP contribution in [0.5, 0.6) is 0 Å². The van der Waals surface area contributed by atoms with Crippen LogP contribution in [0, 0.1) is 0 Å². The smallest absolute Gasteiger partial charge is 0.387 e. The van der Waals surface area contributed by atoms with Crippen LogP contribution in [0.1, 0.15) is 200 Å². The number of rotatable bonds is 41. The average molecular weight is 781 g/mol. The highest BCUT2D eigenvalue weighted by molar-refractivity contribution is 7.47. The van der Waals surface area contributed by atoms with E-state index in [1.165, 1.54) is 128 Å². The van der Waals surface area contributed by atoms with Crippen molar-refractivity contribution in [1.82, 2.24) is 5.32 Å². The number of hydrogen-bond acceptors (Lipinski definition) is 6. The van der Waals surface area contributed by atoms with Crippen molar-refractivity contribution in [2.24, 2.45) is 5.73 Å². The molecule has 0 radical (unpaired) electrons. The fourth-order valence-electron chi connectivity index (χ4n) is 6.22. The average Bonchev–Trinajstić information content (AvgIpc) is 3.16. The van der Waals surface area contributed by atoms with Gasteiger partial charge in [-0.05, 0) is 70.6 Å². The lowest BCUT2D eigenvalue weighted by Crippen LogP contribution is -2.45. The maximum Gasteiger partial charge on any atom is 0.472 e. The fourth-order valence-corrected chi connectivity index (χ4v) is 6.98. The molecule has 9 heteroatoms. The van der Waals surface area contributed by atoms with Crippen LogP contribution in [0.3, 0.4) is 0 Å². The van der Waals surface area contributed by atoms with Crippen molar-refractivity contribution >= 4 is 13.7 Å². The molecule has 0 saturated carbocycles. The largest absolute Gasteiger partial charge is 0.472 e. The number of aliphatic hydroxyl groups is 1. The Balaban J connectivity index is 4.21. The highest BCUT2D eigenvalue weighted by Gasteiger charge is 2.26. The van der Waals surface area contributed by atoms with E-state index in [1.807, 2.05) is 6.08 Å². The lowest BCUT2D eigenvalue weighted by Gasteiger charge is -2.23. The highest BCUT2D eigenvalue weighted by Crippen LogP contribution is 2.43. The third kappa shape index (κ3) is 38.7. The number of unbranched alkanes of at least 4 members (excludes halogenated alkanes) is 23. The van der Waals surface area contributed by atoms with Crippen LogP contribution in [0.2, 0.25) is 0 Å². The normalized spacial score (nSPS) is 14.5. The lowest BCUT2D eigenvalue weighted by atomic mass is 10.0. The van der Waals surface area contributed by atoms with Gasteiger partial charge in [0.05, 0.1) is 25.4 Å². The molecule has 0 heterocycles. The first-order chi connectivity index (χ1) is 26.4. The summed E-state index contributed by atoms with van der Waals surface area (Å²) < 4.78 is 22.1. The summed E-state index contributed by atoms with van der Waals surface area (Å²) in [4.78, 5) is 22.7. The molecule has 316 valence electrons. The van der Waals surface area contributed by atoms with Gasteiger partial charge in [-0.25, -0.2) is 4.57 Å². The monoisotopic (exact) mass is 781 g/mol. The van der Waals surface area contributed by atoms with Crippen molar-refractivity contribution in [3.8, 4) is 0 Å². The van der Waals surface area contributed by atoms with E-state index in [0.29, 0.717) is 6.42 Å². The van der Waals surface area contributed by atoms with Crippen LogP contribution in [0.25, 0.3) is 0 Å². The molecule has 3 unspecified atom stereocenters. The van der Waals surface area contributed by atoms with Crippen molar-refractivity contribution in [3.63, 3.8) is 0 Å². The quantitative estimate of drug-likeness (QED) is 0.0276. The number of nitrogens with one attached hydrogen (secondary N) is 1. The van der Waals surface area contributed by atoms with Crippen LogP contribution in [-0.4, -0.2) is 47.8 Å². The van der Waals surface area contributed by atoms with Crippen molar-refractivity contribution in [2.45, 2.75) is 212 Å². The Morgan fingerprint density at radius 1 is 0.593 bits per heavy atom. The van der Waals surface area contributed by atoms with Gasteiger partial charge in [0.25, 0.3) is 0 Å². The Morgan fingerprint density at radius 2 is 0.981 bits per heavy atom. The van der Waals surface area contributed by atoms with Crippen molar-refractivity contribution in [1.29, 1.82) is 0 Å². The van der Waals surface area contributed by atoms with E-state index in [1.54, 1.807) is 6.08 Å². The number of phosphoric ester groups is 1. The van der Waals surface area contributed by atoms with Crippen LogP contribution < -0.4 is 11.1 Å². The van der Waals surface area contributed by atoms with Crippen molar-refractivity contribution in [2.75, 3.05) is 19.8 Å². The second-order valence-corrected chi connectivity index (χ2v) is 16.3. The number of carbonyl (C=O) groups is 1. The Hall–Kier alpha value is -1.54. The number of nitrogens with two attached hydrogens (primary N) is 1. The first kappa shape index (κ1) is 52.5. The van der Waals surface area contributed by atoms with Crippen LogP contribution in [0.15, 0.2) is 48.6 Å². The number of carbonyl (C=O) groups excluding carboxylic acids is 1. The summed E-state index contributed by atoms with van der Waals surface area (Å²) in [6.45, 7) is 4.08. The Bertz CT molecular complexity index is 985. The maximum absolute atomic E-state index is 12.8. The van der Waals surface area contributed by atoms with E-state index >= 15 is 0 Å². The number of hydrogen-bond donors (Lipinski definition) is 4. The molecule has 0 rings (SSSR count). The molecule has 54 heavy (non-hydrogen) atoms. The summed E-state index contributed by atoms with van der Waals surface area (Å²) in [5, 5.41) is 13.6. The molecule has 0 bridgehead atoms. The standard InChI is InChI=1S/C45H85N2O6P/c1-3-5-7-9-11-13-15-17-19-20-21-22-23-24-25-27-29-31-33-35-37-39-45(49)47-43(42-53-54(50,51)52-41-40-46)44(48)38-36-34-32-30-28-26-18-16-14-12-10-8-6-4-2/h14,16,20-21,28,30,36,38,43-44,48H,3-13,15,17-19,22-27,29,31-35,37,39-42,46H2,1-2H3,(H,47,49)(H,50,51)/b16-14+,21-20-,30-28+,38-36+. The first-order valence-electron chi connectivity index (χ1n) is 22.3. The first-order valence-corrected chi connectivity index (χ1v) is 23.8. The second kappa shape index (κ2) is 41.1. The zero-order chi connectivity index (χ0) is 39.6. The van der Waals surface area contributed by atoms with E-state index in [4.69, 9.17) is 14.8 Å². The van der Waals surface area contributed by atoms with Gasteiger partial charge >= 0.3 is 7.82 Å². The Kier molecular flexibility index (Phi) is 39.9. The van der Waals surface area contributed by atoms with Gasteiger partial charge < -0.3 is 21.1 Å². The molecule has 0 spiro atoms. The predicted octanol–water partition coefficient (Wildman–Crippen LogP) is 12.5. The van der Waals surface area contributed by atoms with Gasteiger partial charge in [0.1, 0.15) is 0 Å². The summed E-state index contributed by atoms with van der Waals surface area (Å²) >= 11 is 0. The molecule has 0 aliphatic carbocycles. The topological polar surface area (TPSA) is 131 Å². The summed E-state index contributed by atoms with van der Waals surface area (Å²) in [6, 6.07) is -0.884. The minimum Gasteiger partial charge on any atom is -0.387 e. The van der Waals surface area contributed by atoms with Gasteiger partial charge in [-0.15, -0.1) is 0 Å². The minimum absolute atomic E-state index is 0.0705. The van der Waals surface area contributed by atoms with Crippen molar-refractivity contribution < 1.29 is 28.4 Å². The maximum atomic E-state index is 12.8. The van der Waals surface area contributed by atoms with Gasteiger partial charge in [-0.1, -0.05) is 172 Å². The second-order valence-electron chi connectivity index (χ2n) is 14.9. The number of phosphoric acid groups is 1. The molecule has 1 amide bonds. The molecule has 5 N–H and O–H groups in total. The third-order valence-electron chi connectivity index (χ3n) is 9.60. The van der Waals surface area contributed by atoms with Gasteiger partial charge in [0, 0.05) is 13.0 Å². The Morgan fingerprint density at radius 3 is 1.44 bits per heavy atom. The van der Waals surface area contributed by atoms with Gasteiger partial charge in [-0.3, -0.25) is 13.8 Å². The molecule has 0 saturated heterocycles. The zero-order valence-corrected chi connectivity index (χ0v) is 35.8. The molecule has 0 aromatic carbocycles. The summed E-state index contributed by atoms with van der Waals surface area (Å²) in [7, 11) is -4.35. The minimum atomic E-state index is -4.35. The van der Waals surface area contributed by atoms with Crippen LogP contribution in [0.4, 0.5) is 0 Å². The van der Waals surface area contributed by atoms with E-state index in [-0.39, 0.29) is 25.7 Å². The zero-order valence-electron chi connectivity index (χ0n) is 35.0. The highest BCUT2D eigenvalue weighted by atomic mass is 31.2. The molecule has 0 aliphatic heterocycles. The van der Waals surface area contributed by atoms with Crippen LogP contribution in [-0.2, 0) is 18.4 Å². The fraction of sp³-hybridized carbons (Fsp3) is 0.800. The molecule has 0 aromatic rings. The summed E-state index contributed by atoms with van der Waals surface area (Å²) in [6.07, 6.45) is 50.2. The van der Waals surface area contributed by atoms with Crippen LogP contribution >= 0.6 is 7.82 Å². The molecular formula is C45H85N2O6P. The number of amides is 1. The van der Waals surface area contributed by atoms with Gasteiger partial charge in [0.2, 0.25) is 5.91 Å². The van der Waals surface area contributed by atoms with Crippen molar-refractivity contribution in [3.05, 3.63) is 48.6 Å². The van der Waals surface area contributed by atoms with E-state index < -0.39 is 20.0 Å². The summed E-state index contributed by atoms with van der Waals surface area (Å²) in [5.41, 5.74) is 5.37. The van der Waals surface area contributed by atoms with E-state index in [2.05, 4.69) is 55.6 Å². The molecule has 3 atom stereocenters. The molecule has 0 aliphatic rings. The van der Waals surface area contributed by atoms with Gasteiger partial charge in [-0.2, -0.15) is 0 Å². The van der Waals surface area contributed by atoms with Gasteiger partial charge in [0.15, 0.2) is 0 Å². The third-order valence-corrected chi connectivity index (χ3v) is 10.6. The van der Waals surface area contributed by atoms with E-state index in [9.17, 15) is 19.4 Å². The molecular weight excluding hydrogens is 695 g/mol. The predicted molar refractivity (Wildman–Crippen MR) is 231 cm³/mol. The summed E-state index contributed by atoms with van der Waals surface area (Å²) in [5.74, 6) is -0.212. The number of aliphatic hydroxyl groups excluding tert-OH is 1.